The number of H-pyrrole nitrogens is 1. The van der Waals surface area contributed by atoms with E-state index in [1.165, 1.54) is 10.9 Å². The third-order valence-electron chi connectivity index (χ3n) is 3.62. The Balaban J connectivity index is 1.96. The molecule has 1 aromatic carbocycles. The molecule has 1 heterocycles. The van der Waals surface area contributed by atoms with E-state index in [4.69, 9.17) is 0 Å². The fourth-order valence-electron chi connectivity index (χ4n) is 1.98. The zero-order valence-corrected chi connectivity index (χ0v) is 12.7. The molecule has 108 valence electrons. The summed E-state index contributed by atoms with van der Waals surface area (Å²) in [6, 6.07) is 10.9. The standard InChI is InChI=1S/C16H24N4/c1-11(2)12(3)19-16(17-4)18-10-14-9-13-7-5-6-8-15(13)20-14/h5-9,11-12,20H,10H2,1-4H3,(H2,17,18,19). The molecule has 4 heteroatoms. The van der Waals surface area contributed by atoms with Crippen LogP contribution >= 0.6 is 0 Å². The average molecular weight is 272 g/mol. The summed E-state index contributed by atoms with van der Waals surface area (Å²) >= 11 is 0. The van der Waals surface area contributed by atoms with Gasteiger partial charge in [-0.1, -0.05) is 32.0 Å². The minimum Gasteiger partial charge on any atom is -0.357 e. The number of rotatable bonds is 4. The number of nitrogens with one attached hydrogen (secondary N) is 3. The Kier molecular flexibility index (Phi) is 4.66. The van der Waals surface area contributed by atoms with Gasteiger partial charge in [-0.15, -0.1) is 0 Å². The molecule has 0 aliphatic heterocycles. The molecule has 0 aliphatic rings. The van der Waals surface area contributed by atoms with Crippen LogP contribution in [0.1, 0.15) is 26.5 Å². The van der Waals surface area contributed by atoms with Gasteiger partial charge in [0.15, 0.2) is 5.96 Å². The molecule has 1 unspecified atom stereocenters. The number of hydrogen-bond donors (Lipinski definition) is 3. The fourth-order valence-corrected chi connectivity index (χ4v) is 1.98. The lowest BCUT2D eigenvalue weighted by atomic mass is 10.1. The topological polar surface area (TPSA) is 52.2 Å². The SMILES string of the molecule is CN=C(NCc1cc2ccccc2[nH]1)NC(C)C(C)C. The van der Waals surface area contributed by atoms with Crippen LogP contribution in [-0.4, -0.2) is 24.0 Å². The molecule has 2 aromatic rings. The molecule has 0 aliphatic carbocycles. The van der Waals surface area contributed by atoms with E-state index in [9.17, 15) is 0 Å². The van der Waals surface area contributed by atoms with Gasteiger partial charge in [-0.05, 0) is 30.4 Å². The van der Waals surface area contributed by atoms with Crippen LogP contribution < -0.4 is 10.6 Å². The van der Waals surface area contributed by atoms with E-state index in [0.29, 0.717) is 12.0 Å². The lowest BCUT2D eigenvalue weighted by Gasteiger charge is -2.20. The molecular weight excluding hydrogens is 248 g/mol. The number of aromatic nitrogens is 1. The maximum atomic E-state index is 4.26. The van der Waals surface area contributed by atoms with Gasteiger partial charge in [0, 0.05) is 24.3 Å². The van der Waals surface area contributed by atoms with Crippen LogP contribution in [0.3, 0.4) is 0 Å². The summed E-state index contributed by atoms with van der Waals surface area (Å²) in [4.78, 5) is 7.67. The minimum atomic E-state index is 0.393. The first-order chi connectivity index (χ1) is 9.60. The van der Waals surface area contributed by atoms with E-state index in [1.54, 1.807) is 7.05 Å². The molecule has 0 spiro atoms. The summed E-state index contributed by atoms with van der Waals surface area (Å²) < 4.78 is 0. The highest BCUT2D eigenvalue weighted by Gasteiger charge is 2.09. The van der Waals surface area contributed by atoms with Crippen LogP contribution in [0.5, 0.6) is 0 Å². The van der Waals surface area contributed by atoms with Gasteiger partial charge in [0.1, 0.15) is 0 Å². The van der Waals surface area contributed by atoms with E-state index in [-0.39, 0.29) is 0 Å². The van der Waals surface area contributed by atoms with Crippen LogP contribution in [-0.2, 0) is 6.54 Å². The average Bonchev–Trinajstić information content (AvgIpc) is 2.85. The van der Waals surface area contributed by atoms with Crippen LogP contribution in [0.15, 0.2) is 35.3 Å². The summed E-state index contributed by atoms with van der Waals surface area (Å²) in [5.41, 5.74) is 2.33. The zero-order valence-electron chi connectivity index (χ0n) is 12.7. The Morgan fingerprint density at radius 3 is 2.65 bits per heavy atom. The first-order valence-corrected chi connectivity index (χ1v) is 7.14. The van der Waals surface area contributed by atoms with Crippen molar-refractivity contribution in [1.29, 1.82) is 0 Å². The van der Waals surface area contributed by atoms with E-state index in [1.807, 2.05) is 6.07 Å². The Hall–Kier alpha value is -1.97. The van der Waals surface area contributed by atoms with Crippen molar-refractivity contribution in [2.24, 2.45) is 10.9 Å². The highest BCUT2D eigenvalue weighted by atomic mass is 15.2. The van der Waals surface area contributed by atoms with Gasteiger partial charge < -0.3 is 15.6 Å². The zero-order chi connectivity index (χ0) is 14.5. The lowest BCUT2D eigenvalue weighted by Crippen LogP contribution is -2.43. The summed E-state index contributed by atoms with van der Waals surface area (Å²) in [5.74, 6) is 1.41. The maximum Gasteiger partial charge on any atom is 0.191 e. The van der Waals surface area contributed by atoms with E-state index < -0.39 is 0 Å². The van der Waals surface area contributed by atoms with Crippen LogP contribution in [0.25, 0.3) is 10.9 Å². The second-order valence-electron chi connectivity index (χ2n) is 5.48. The van der Waals surface area contributed by atoms with Crippen molar-refractivity contribution in [3.05, 3.63) is 36.0 Å². The quantitative estimate of drug-likeness (QED) is 0.592. The molecule has 20 heavy (non-hydrogen) atoms. The highest BCUT2D eigenvalue weighted by molar-refractivity contribution is 5.81. The molecule has 1 atom stereocenters. The second kappa shape index (κ2) is 6.46. The van der Waals surface area contributed by atoms with E-state index in [2.05, 4.69) is 65.6 Å². The molecule has 1 aromatic heterocycles. The largest absolute Gasteiger partial charge is 0.357 e. The smallest absolute Gasteiger partial charge is 0.191 e. The molecular formula is C16H24N4. The molecule has 0 saturated carbocycles. The van der Waals surface area contributed by atoms with Gasteiger partial charge >= 0.3 is 0 Å². The summed E-state index contributed by atoms with van der Waals surface area (Å²) in [5, 5.41) is 7.97. The fraction of sp³-hybridized carbons (Fsp3) is 0.438. The predicted octanol–water partition coefficient (Wildman–Crippen LogP) is 2.88. The van der Waals surface area contributed by atoms with Crippen LogP contribution in [0.4, 0.5) is 0 Å². The molecule has 0 saturated heterocycles. The van der Waals surface area contributed by atoms with Gasteiger partial charge in [0.05, 0.1) is 6.54 Å². The molecule has 0 amide bonds. The van der Waals surface area contributed by atoms with Crippen molar-refractivity contribution in [2.45, 2.75) is 33.4 Å². The summed E-state index contributed by atoms with van der Waals surface area (Å²) in [6.07, 6.45) is 0. The number of aromatic amines is 1. The Morgan fingerprint density at radius 2 is 2.00 bits per heavy atom. The first kappa shape index (κ1) is 14.4. The molecule has 3 N–H and O–H groups in total. The summed E-state index contributed by atoms with van der Waals surface area (Å²) in [6.45, 7) is 7.30. The minimum absolute atomic E-state index is 0.393. The van der Waals surface area contributed by atoms with Crippen molar-refractivity contribution in [1.82, 2.24) is 15.6 Å². The Morgan fingerprint density at radius 1 is 1.25 bits per heavy atom. The molecule has 0 radical (unpaired) electrons. The van der Waals surface area contributed by atoms with E-state index >= 15 is 0 Å². The predicted molar refractivity (Wildman–Crippen MR) is 85.9 cm³/mol. The van der Waals surface area contributed by atoms with Crippen molar-refractivity contribution >= 4 is 16.9 Å². The molecule has 0 fully saturated rings. The Bertz CT molecular complexity index is 550. The number of fused-ring (bicyclic) bond motifs is 1. The molecule has 0 bridgehead atoms. The van der Waals surface area contributed by atoms with Crippen molar-refractivity contribution in [3.63, 3.8) is 0 Å². The number of benzene rings is 1. The Labute approximate surface area is 120 Å². The third kappa shape index (κ3) is 3.53. The number of nitrogens with zero attached hydrogens (tertiary/aromatic N) is 1. The lowest BCUT2D eigenvalue weighted by molar-refractivity contribution is 0.481. The third-order valence-corrected chi connectivity index (χ3v) is 3.62. The molecule has 2 rings (SSSR count). The number of hydrogen-bond acceptors (Lipinski definition) is 1. The van der Waals surface area contributed by atoms with Gasteiger partial charge in [-0.2, -0.15) is 0 Å². The van der Waals surface area contributed by atoms with Gasteiger partial charge in [-0.25, -0.2) is 0 Å². The van der Waals surface area contributed by atoms with Gasteiger partial charge in [0.2, 0.25) is 0 Å². The van der Waals surface area contributed by atoms with E-state index in [0.717, 1.165) is 18.2 Å². The maximum absolute atomic E-state index is 4.26. The van der Waals surface area contributed by atoms with Gasteiger partial charge in [0.25, 0.3) is 0 Å². The van der Waals surface area contributed by atoms with Crippen LogP contribution in [0.2, 0.25) is 0 Å². The normalized spacial score (nSPS) is 13.8. The van der Waals surface area contributed by atoms with Crippen molar-refractivity contribution in [2.75, 3.05) is 7.05 Å². The number of para-hydroxylation sites is 1. The first-order valence-electron chi connectivity index (χ1n) is 7.14. The second-order valence-corrected chi connectivity index (χ2v) is 5.48. The van der Waals surface area contributed by atoms with Crippen LogP contribution in [0, 0.1) is 5.92 Å². The number of guanidine groups is 1. The monoisotopic (exact) mass is 272 g/mol. The van der Waals surface area contributed by atoms with Gasteiger partial charge in [-0.3, -0.25) is 4.99 Å². The molecule has 4 nitrogen and oxygen atoms in total. The van der Waals surface area contributed by atoms with Crippen molar-refractivity contribution in [3.8, 4) is 0 Å². The summed E-state index contributed by atoms with van der Waals surface area (Å²) in [7, 11) is 1.80. The number of aliphatic imine (C=N–C) groups is 1. The highest BCUT2D eigenvalue weighted by Crippen LogP contribution is 2.14. The van der Waals surface area contributed by atoms with Crippen molar-refractivity contribution < 1.29 is 0 Å².